The lowest BCUT2D eigenvalue weighted by Gasteiger charge is -2.35. The quantitative estimate of drug-likeness (QED) is 0.827. The van der Waals surface area contributed by atoms with Crippen LogP contribution in [-0.2, 0) is 0 Å². The van der Waals surface area contributed by atoms with Crippen LogP contribution in [0.2, 0.25) is 0 Å². The summed E-state index contributed by atoms with van der Waals surface area (Å²) in [6.45, 7) is 3.90. The van der Waals surface area contributed by atoms with Crippen LogP contribution >= 0.6 is 0 Å². The van der Waals surface area contributed by atoms with Gasteiger partial charge in [-0.2, -0.15) is 5.26 Å². The van der Waals surface area contributed by atoms with Crippen molar-refractivity contribution in [2.24, 2.45) is 5.92 Å². The molecule has 20 heavy (non-hydrogen) atoms. The molecule has 0 bridgehead atoms. The number of anilines is 1. The maximum Gasteiger partial charge on any atom is 0.127 e. The Labute approximate surface area is 121 Å². The van der Waals surface area contributed by atoms with Crippen molar-refractivity contribution in [1.29, 1.82) is 5.26 Å². The molecule has 3 nitrogen and oxygen atoms in total. The van der Waals surface area contributed by atoms with Gasteiger partial charge in [-0.15, -0.1) is 0 Å². The van der Waals surface area contributed by atoms with Crippen LogP contribution in [0, 0.1) is 17.2 Å². The number of para-hydroxylation sites is 1. The number of nitriles is 1. The van der Waals surface area contributed by atoms with Gasteiger partial charge >= 0.3 is 0 Å². The molecule has 3 rings (SSSR count). The zero-order valence-electron chi connectivity index (χ0n) is 12.2. The van der Waals surface area contributed by atoms with Crippen LogP contribution in [0.15, 0.2) is 30.3 Å². The summed E-state index contributed by atoms with van der Waals surface area (Å²) < 4.78 is 0. The van der Waals surface area contributed by atoms with E-state index in [1.54, 1.807) is 0 Å². The lowest BCUT2D eigenvalue weighted by Crippen LogP contribution is -2.55. The molecule has 0 heterocycles. The van der Waals surface area contributed by atoms with E-state index in [1.807, 2.05) is 6.07 Å². The molecule has 0 radical (unpaired) electrons. The Morgan fingerprint density at radius 1 is 1.25 bits per heavy atom. The van der Waals surface area contributed by atoms with Gasteiger partial charge in [0.15, 0.2) is 0 Å². The first-order chi connectivity index (χ1) is 9.77. The second kappa shape index (κ2) is 5.46. The second-order valence-electron chi connectivity index (χ2n) is 6.13. The lowest BCUT2D eigenvalue weighted by molar-refractivity contribution is 0.361. The maximum absolute atomic E-state index is 9.82. The summed E-state index contributed by atoms with van der Waals surface area (Å²) in [4.78, 5) is 2.33. The molecule has 0 spiro atoms. The van der Waals surface area contributed by atoms with Crippen molar-refractivity contribution in [3.05, 3.63) is 30.3 Å². The third-order valence-electron chi connectivity index (χ3n) is 4.46. The van der Waals surface area contributed by atoms with E-state index >= 15 is 0 Å². The van der Waals surface area contributed by atoms with Crippen LogP contribution in [0.3, 0.4) is 0 Å². The SMILES string of the molecule is CCN(CC(C#N)(NC1CC1)C1CC1)c1ccccc1. The first kappa shape index (κ1) is 13.5. The van der Waals surface area contributed by atoms with Gasteiger partial charge in [-0.25, -0.2) is 0 Å². The van der Waals surface area contributed by atoms with E-state index in [-0.39, 0.29) is 5.54 Å². The molecule has 3 heteroatoms. The molecule has 0 aliphatic heterocycles. The zero-order chi connectivity index (χ0) is 14.0. The van der Waals surface area contributed by atoms with E-state index in [9.17, 15) is 5.26 Å². The normalized spacial score (nSPS) is 21.0. The Morgan fingerprint density at radius 3 is 2.45 bits per heavy atom. The number of hydrogen-bond acceptors (Lipinski definition) is 3. The number of hydrogen-bond donors (Lipinski definition) is 1. The van der Waals surface area contributed by atoms with Gasteiger partial charge in [-0.05, 0) is 50.7 Å². The van der Waals surface area contributed by atoms with Gasteiger partial charge in [-0.1, -0.05) is 18.2 Å². The molecule has 1 N–H and O–H groups in total. The van der Waals surface area contributed by atoms with Gasteiger partial charge in [0, 0.05) is 24.8 Å². The van der Waals surface area contributed by atoms with Crippen LogP contribution in [0.4, 0.5) is 5.69 Å². The molecular formula is C17H23N3. The Bertz CT molecular complexity index is 485. The van der Waals surface area contributed by atoms with Crippen molar-refractivity contribution in [1.82, 2.24) is 5.32 Å². The van der Waals surface area contributed by atoms with Crippen molar-refractivity contribution >= 4 is 5.69 Å². The first-order valence-electron chi connectivity index (χ1n) is 7.76. The van der Waals surface area contributed by atoms with Crippen molar-refractivity contribution < 1.29 is 0 Å². The predicted octanol–water partition coefficient (Wildman–Crippen LogP) is 2.94. The smallest absolute Gasteiger partial charge is 0.127 e. The molecule has 0 aromatic heterocycles. The van der Waals surface area contributed by atoms with E-state index < -0.39 is 0 Å². The fourth-order valence-electron chi connectivity index (χ4n) is 2.95. The highest BCUT2D eigenvalue weighted by atomic mass is 15.2. The molecule has 1 aromatic rings. The van der Waals surface area contributed by atoms with Gasteiger partial charge < -0.3 is 4.90 Å². The Morgan fingerprint density at radius 2 is 1.95 bits per heavy atom. The highest BCUT2D eigenvalue weighted by molar-refractivity contribution is 5.47. The molecule has 0 amide bonds. The summed E-state index contributed by atoms with van der Waals surface area (Å²) in [5, 5.41) is 13.5. The van der Waals surface area contributed by atoms with Crippen molar-refractivity contribution in [3.63, 3.8) is 0 Å². The standard InChI is InChI=1S/C17H23N3/c1-2-20(16-6-4-3-5-7-16)13-17(12-18,14-8-9-14)19-15-10-11-15/h3-7,14-15,19H,2,8-11,13H2,1H3. The molecule has 2 aliphatic carbocycles. The fourth-order valence-corrected chi connectivity index (χ4v) is 2.95. The molecule has 1 unspecified atom stereocenters. The van der Waals surface area contributed by atoms with Crippen molar-refractivity contribution in [3.8, 4) is 6.07 Å². The minimum Gasteiger partial charge on any atom is -0.369 e. The zero-order valence-corrected chi connectivity index (χ0v) is 12.2. The van der Waals surface area contributed by atoms with Gasteiger partial charge in [-0.3, -0.25) is 5.32 Å². The summed E-state index contributed by atoms with van der Waals surface area (Å²) >= 11 is 0. The minimum atomic E-state index is -0.354. The number of likely N-dealkylation sites (N-methyl/N-ethyl adjacent to an activating group) is 1. The van der Waals surface area contributed by atoms with Crippen LogP contribution in [-0.4, -0.2) is 24.7 Å². The van der Waals surface area contributed by atoms with Gasteiger partial charge in [0.05, 0.1) is 6.07 Å². The number of rotatable bonds is 7. The molecule has 2 saturated carbocycles. The van der Waals surface area contributed by atoms with E-state index in [1.165, 1.54) is 31.4 Å². The highest BCUT2D eigenvalue weighted by Gasteiger charge is 2.49. The molecule has 106 valence electrons. The summed E-state index contributed by atoms with van der Waals surface area (Å²) in [5.41, 5.74) is 0.861. The third-order valence-corrected chi connectivity index (χ3v) is 4.46. The van der Waals surface area contributed by atoms with Crippen LogP contribution in [0.1, 0.15) is 32.6 Å². The molecule has 2 fully saturated rings. The van der Waals surface area contributed by atoms with Crippen LogP contribution in [0.5, 0.6) is 0 Å². The van der Waals surface area contributed by atoms with Crippen LogP contribution in [0.25, 0.3) is 0 Å². The third kappa shape index (κ3) is 2.81. The predicted molar refractivity (Wildman–Crippen MR) is 81.6 cm³/mol. The summed E-state index contributed by atoms with van der Waals surface area (Å²) in [7, 11) is 0. The molecule has 1 atom stereocenters. The van der Waals surface area contributed by atoms with Gasteiger partial charge in [0.2, 0.25) is 0 Å². The van der Waals surface area contributed by atoms with E-state index in [4.69, 9.17) is 0 Å². The minimum absolute atomic E-state index is 0.354. The van der Waals surface area contributed by atoms with Gasteiger partial charge in [0.25, 0.3) is 0 Å². The molecule has 1 aromatic carbocycles. The molecule has 2 aliphatic rings. The van der Waals surface area contributed by atoms with E-state index in [0.717, 1.165) is 13.1 Å². The number of benzene rings is 1. The van der Waals surface area contributed by atoms with Gasteiger partial charge in [0.1, 0.15) is 5.54 Å². The average Bonchev–Trinajstić information content (AvgIpc) is 3.38. The first-order valence-corrected chi connectivity index (χ1v) is 7.76. The summed E-state index contributed by atoms with van der Waals surface area (Å²) in [5.74, 6) is 0.533. The average molecular weight is 269 g/mol. The second-order valence-corrected chi connectivity index (χ2v) is 6.13. The van der Waals surface area contributed by atoms with Crippen LogP contribution < -0.4 is 10.2 Å². The molecule has 0 saturated heterocycles. The fraction of sp³-hybridized carbons (Fsp3) is 0.588. The maximum atomic E-state index is 9.82. The summed E-state index contributed by atoms with van der Waals surface area (Å²) in [6.07, 6.45) is 4.85. The lowest BCUT2D eigenvalue weighted by atomic mass is 9.93. The Kier molecular flexibility index (Phi) is 3.67. The monoisotopic (exact) mass is 269 g/mol. The number of nitrogens with one attached hydrogen (secondary N) is 1. The number of nitrogens with zero attached hydrogens (tertiary/aromatic N) is 2. The molecular weight excluding hydrogens is 246 g/mol. The largest absolute Gasteiger partial charge is 0.369 e. The van der Waals surface area contributed by atoms with Crippen molar-refractivity contribution in [2.45, 2.75) is 44.2 Å². The Balaban J connectivity index is 1.79. The Hall–Kier alpha value is -1.53. The van der Waals surface area contributed by atoms with Crippen molar-refractivity contribution in [2.75, 3.05) is 18.0 Å². The topological polar surface area (TPSA) is 39.1 Å². The highest BCUT2D eigenvalue weighted by Crippen LogP contribution is 2.42. The summed E-state index contributed by atoms with van der Waals surface area (Å²) in [6, 6.07) is 13.6. The van der Waals surface area contributed by atoms with E-state index in [0.29, 0.717) is 12.0 Å². The van der Waals surface area contributed by atoms with E-state index in [2.05, 4.69) is 47.5 Å².